The zero-order valence-corrected chi connectivity index (χ0v) is 11.4. The number of piperidine rings is 1. The molecule has 1 heterocycles. The van der Waals surface area contributed by atoms with Crippen LogP contribution in [0.2, 0.25) is 0 Å². The number of hydrogen-bond acceptors (Lipinski definition) is 4. The molecule has 0 aliphatic carbocycles. The van der Waals surface area contributed by atoms with Gasteiger partial charge >= 0.3 is 0 Å². The van der Waals surface area contributed by atoms with Gasteiger partial charge in [0.05, 0.1) is 11.0 Å². The summed E-state index contributed by atoms with van der Waals surface area (Å²) >= 11 is 3.24. The van der Waals surface area contributed by atoms with Crippen LogP contribution < -0.4 is 5.32 Å². The van der Waals surface area contributed by atoms with Gasteiger partial charge in [-0.25, -0.2) is 0 Å². The molecule has 0 radical (unpaired) electrons. The van der Waals surface area contributed by atoms with Crippen molar-refractivity contribution < 1.29 is 10.0 Å². The van der Waals surface area contributed by atoms with E-state index in [1.165, 1.54) is 6.07 Å². The summed E-state index contributed by atoms with van der Waals surface area (Å²) in [6.07, 6.45) is 0.849. The van der Waals surface area contributed by atoms with E-state index in [1.807, 2.05) is 0 Å². The maximum Gasteiger partial charge on any atom is 0.273 e. The summed E-state index contributed by atoms with van der Waals surface area (Å²) in [7, 11) is 0. The molecule has 2 rings (SSSR count). The summed E-state index contributed by atoms with van der Waals surface area (Å²) in [6.45, 7) is 1.51. The van der Waals surface area contributed by atoms with Crippen LogP contribution in [0.3, 0.4) is 0 Å². The van der Waals surface area contributed by atoms with Gasteiger partial charge in [-0.1, -0.05) is 22.0 Å². The molecule has 2 atom stereocenters. The second-order valence-corrected chi connectivity index (χ2v) is 5.47. The summed E-state index contributed by atoms with van der Waals surface area (Å²) < 4.78 is 0.695. The van der Waals surface area contributed by atoms with Crippen molar-refractivity contribution in [2.24, 2.45) is 5.92 Å². The topological polar surface area (TPSA) is 75.4 Å². The van der Waals surface area contributed by atoms with Crippen molar-refractivity contribution in [2.75, 3.05) is 13.1 Å². The lowest BCUT2D eigenvalue weighted by atomic mass is 9.89. The van der Waals surface area contributed by atoms with E-state index < -0.39 is 0 Å². The Hall–Kier alpha value is -0.980. The monoisotopic (exact) mass is 314 g/mol. The summed E-state index contributed by atoms with van der Waals surface area (Å²) in [5.74, 6) is 0.0404. The fraction of sp³-hybridized carbons (Fsp3) is 0.500. The molecular weight excluding hydrogens is 300 g/mol. The maximum absolute atomic E-state index is 11.0. The number of nitrogens with zero attached hydrogens (tertiary/aromatic N) is 1. The minimum absolute atomic E-state index is 0.0404. The van der Waals surface area contributed by atoms with Gasteiger partial charge in [0.15, 0.2) is 0 Å². The second kappa shape index (κ2) is 5.77. The number of rotatable bonds is 3. The Labute approximate surface area is 113 Å². The van der Waals surface area contributed by atoms with Crippen LogP contribution in [0.15, 0.2) is 22.7 Å². The first-order valence-electron chi connectivity index (χ1n) is 5.89. The molecule has 6 heteroatoms. The molecule has 98 valence electrons. The molecule has 2 unspecified atom stereocenters. The molecule has 1 aromatic rings. The summed E-state index contributed by atoms with van der Waals surface area (Å²) in [5.41, 5.74) is 0.790. The molecule has 1 saturated heterocycles. The summed E-state index contributed by atoms with van der Waals surface area (Å²) in [6, 6.07) is 5.06. The fourth-order valence-electron chi connectivity index (χ4n) is 2.28. The van der Waals surface area contributed by atoms with Crippen molar-refractivity contribution in [3.05, 3.63) is 38.3 Å². The fourth-order valence-corrected chi connectivity index (χ4v) is 2.63. The number of nitro benzene ring substituents is 1. The average molecular weight is 315 g/mol. The Balaban J connectivity index is 2.20. The van der Waals surface area contributed by atoms with Crippen LogP contribution in [0, 0.1) is 16.0 Å². The largest absolute Gasteiger partial charge is 0.393 e. The lowest BCUT2D eigenvalue weighted by molar-refractivity contribution is -0.385. The van der Waals surface area contributed by atoms with Crippen molar-refractivity contribution in [1.82, 2.24) is 5.32 Å². The van der Waals surface area contributed by atoms with Gasteiger partial charge < -0.3 is 10.4 Å². The lowest BCUT2D eigenvalue weighted by Crippen LogP contribution is -2.40. The molecule has 2 N–H and O–H groups in total. The number of hydrogen-bond donors (Lipinski definition) is 2. The van der Waals surface area contributed by atoms with E-state index in [1.54, 1.807) is 12.1 Å². The minimum Gasteiger partial charge on any atom is -0.393 e. The molecule has 0 bridgehead atoms. The third kappa shape index (κ3) is 3.07. The van der Waals surface area contributed by atoms with Gasteiger partial charge in [0, 0.05) is 28.6 Å². The number of nitrogens with one attached hydrogen (secondary N) is 1. The Kier molecular flexibility index (Phi) is 4.31. The minimum atomic E-state index is -0.380. The predicted molar refractivity (Wildman–Crippen MR) is 71.5 cm³/mol. The molecule has 1 aliphatic rings. The number of halogens is 1. The van der Waals surface area contributed by atoms with Gasteiger partial charge in [-0.2, -0.15) is 0 Å². The van der Waals surface area contributed by atoms with E-state index in [4.69, 9.17) is 0 Å². The third-order valence-electron chi connectivity index (χ3n) is 3.29. The zero-order valence-electron chi connectivity index (χ0n) is 9.80. The van der Waals surface area contributed by atoms with Crippen molar-refractivity contribution in [3.8, 4) is 0 Å². The molecule has 0 saturated carbocycles. The van der Waals surface area contributed by atoms with Crippen LogP contribution in [-0.2, 0) is 6.42 Å². The highest BCUT2D eigenvalue weighted by Gasteiger charge is 2.26. The standard InChI is InChI=1S/C12H15BrN2O3/c13-10-2-1-8(11(6-10)15(17)18)5-9-7-14-4-3-12(9)16/h1-2,6,9,12,14,16H,3-5,7H2. The maximum atomic E-state index is 11.0. The number of aliphatic hydroxyl groups excluding tert-OH is 1. The van der Waals surface area contributed by atoms with Gasteiger partial charge in [-0.3, -0.25) is 10.1 Å². The van der Waals surface area contributed by atoms with Crippen LogP contribution in [0.1, 0.15) is 12.0 Å². The summed E-state index contributed by atoms with van der Waals surface area (Å²) in [5, 5.41) is 24.1. The molecule has 1 fully saturated rings. The highest BCUT2D eigenvalue weighted by atomic mass is 79.9. The number of aliphatic hydroxyl groups is 1. The van der Waals surface area contributed by atoms with Crippen LogP contribution in [0.5, 0.6) is 0 Å². The predicted octanol–water partition coefficient (Wildman–Crippen LogP) is 1.87. The Morgan fingerprint density at radius 1 is 1.56 bits per heavy atom. The van der Waals surface area contributed by atoms with Gasteiger partial charge in [0.1, 0.15) is 0 Å². The van der Waals surface area contributed by atoms with Gasteiger partial charge in [-0.15, -0.1) is 0 Å². The van der Waals surface area contributed by atoms with E-state index >= 15 is 0 Å². The first-order chi connectivity index (χ1) is 8.58. The third-order valence-corrected chi connectivity index (χ3v) is 3.79. The van der Waals surface area contributed by atoms with Crippen molar-refractivity contribution in [2.45, 2.75) is 18.9 Å². The highest BCUT2D eigenvalue weighted by Crippen LogP contribution is 2.27. The first kappa shape index (κ1) is 13.5. The van der Waals surface area contributed by atoms with E-state index in [2.05, 4.69) is 21.2 Å². The SMILES string of the molecule is O=[N+]([O-])c1cc(Br)ccc1CC1CNCCC1O. The average Bonchev–Trinajstić information content (AvgIpc) is 2.34. The van der Waals surface area contributed by atoms with E-state index in [9.17, 15) is 15.2 Å². The van der Waals surface area contributed by atoms with Gasteiger partial charge in [-0.05, 0) is 25.5 Å². The lowest BCUT2D eigenvalue weighted by Gasteiger charge is -2.28. The molecule has 18 heavy (non-hydrogen) atoms. The molecule has 1 aliphatic heterocycles. The second-order valence-electron chi connectivity index (χ2n) is 4.55. The smallest absolute Gasteiger partial charge is 0.273 e. The Morgan fingerprint density at radius 2 is 2.33 bits per heavy atom. The quantitative estimate of drug-likeness (QED) is 0.659. The van der Waals surface area contributed by atoms with Crippen LogP contribution in [0.25, 0.3) is 0 Å². The van der Waals surface area contributed by atoms with Crippen molar-refractivity contribution >= 4 is 21.6 Å². The molecule has 0 spiro atoms. The molecule has 1 aromatic carbocycles. The molecule has 5 nitrogen and oxygen atoms in total. The van der Waals surface area contributed by atoms with Crippen LogP contribution >= 0.6 is 15.9 Å². The van der Waals surface area contributed by atoms with E-state index in [0.717, 1.165) is 6.54 Å². The normalized spacial score (nSPS) is 23.9. The first-order valence-corrected chi connectivity index (χ1v) is 6.69. The Bertz CT molecular complexity index is 453. The van der Waals surface area contributed by atoms with Gasteiger partial charge in [0.25, 0.3) is 5.69 Å². The Morgan fingerprint density at radius 3 is 3.00 bits per heavy atom. The van der Waals surface area contributed by atoms with Crippen LogP contribution in [-0.4, -0.2) is 29.2 Å². The van der Waals surface area contributed by atoms with Crippen molar-refractivity contribution in [3.63, 3.8) is 0 Å². The summed E-state index contributed by atoms with van der Waals surface area (Å²) in [4.78, 5) is 10.6. The highest BCUT2D eigenvalue weighted by molar-refractivity contribution is 9.10. The van der Waals surface area contributed by atoms with Crippen LogP contribution in [0.4, 0.5) is 5.69 Å². The number of nitro groups is 1. The zero-order chi connectivity index (χ0) is 13.1. The van der Waals surface area contributed by atoms with E-state index in [-0.39, 0.29) is 22.6 Å². The van der Waals surface area contributed by atoms with E-state index in [0.29, 0.717) is 29.4 Å². The molecule has 0 amide bonds. The van der Waals surface area contributed by atoms with Gasteiger partial charge in [0.2, 0.25) is 0 Å². The number of benzene rings is 1. The molecular formula is C12H15BrN2O3. The molecule has 0 aromatic heterocycles. The van der Waals surface area contributed by atoms with Crippen molar-refractivity contribution in [1.29, 1.82) is 0 Å².